The largest absolute Gasteiger partial charge is 0.465 e. The van der Waals surface area contributed by atoms with Crippen molar-refractivity contribution in [2.45, 2.75) is 17.5 Å². The number of nitrogens with zero attached hydrogens (tertiary/aromatic N) is 2. The molecule has 0 spiro atoms. The van der Waals surface area contributed by atoms with Gasteiger partial charge in [-0.2, -0.15) is 4.98 Å². The molecule has 2 aromatic rings. The van der Waals surface area contributed by atoms with E-state index >= 15 is 0 Å². The lowest BCUT2D eigenvalue weighted by atomic mass is 10.2. The first-order chi connectivity index (χ1) is 11.7. The Balaban J connectivity index is 2.15. The summed E-state index contributed by atoms with van der Waals surface area (Å²) in [5.41, 5.74) is 0.997. The van der Waals surface area contributed by atoms with Crippen LogP contribution in [0.4, 0.5) is 4.79 Å². The summed E-state index contributed by atoms with van der Waals surface area (Å²) in [5.74, 6) is 0.435. The maximum Gasteiger partial charge on any atom is 0.404 e. The number of sulfonamides is 1. The maximum absolute atomic E-state index is 11.1. The molecule has 0 aliphatic heterocycles. The van der Waals surface area contributed by atoms with Crippen molar-refractivity contribution in [2.75, 3.05) is 6.26 Å². The second-order valence-corrected chi connectivity index (χ2v) is 7.28. The topological polar surface area (TPSA) is 144 Å². The molecule has 0 bridgehead atoms. The standard InChI is InChI=1S/C14H16N4O5S2/c1-24-13-17-10(7-16-14(19)20)6-12(18-13)23-11-4-2-9(3-5-11)8-25(15,21)22/h2-6,16H,7-8H2,1H3,(H,19,20)(H2,15,21,22). The molecule has 134 valence electrons. The lowest BCUT2D eigenvalue weighted by Gasteiger charge is -2.09. The Hall–Kier alpha value is -2.37. The number of nitrogens with one attached hydrogen (secondary N) is 1. The molecule has 2 rings (SSSR count). The van der Waals surface area contributed by atoms with Crippen LogP contribution in [0.25, 0.3) is 0 Å². The fourth-order valence-corrected chi connectivity index (χ4v) is 2.90. The zero-order valence-electron chi connectivity index (χ0n) is 13.2. The van der Waals surface area contributed by atoms with Crippen LogP contribution in [0.2, 0.25) is 0 Å². The number of aromatic nitrogens is 2. The number of amides is 1. The number of carboxylic acid groups (broad SMARTS) is 1. The SMILES string of the molecule is CSc1nc(CNC(=O)O)cc(Oc2ccc(CS(N)(=O)=O)cc2)n1. The summed E-state index contributed by atoms with van der Waals surface area (Å²) in [6.45, 7) is 0.0229. The number of ether oxygens (including phenoxy) is 1. The van der Waals surface area contributed by atoms with E-state index in [0.717, 1.165) is 0 Å². The fraction of sp³-hybridized carbons (Fsp3) is 0.214. The van der Waals surface area contributed by atoms with Crippen molar-refractivity contribution in [3.63, 3.8) is 0 Å². The molecule has 1 aromatic heterocycles. The number of primary sulfonamides is 1. The highest BCUT2D eigenvalue weighted by Gasteiger charge is 2.09. The van der Waals surface area contributed by atoms with Crippen LogP contribution in [0.5, 0.6) is 11.6 Å². The smallest absolute Gasteiger partial charge is 0.404 e. The summed E-state index contributed by atoms with van der Waals surface area (Å²) in [7, 11) is -3.60. The van der Waals surface area contributed by atoms with Crippen LogP contribution in [0, 0.1) is 0 Å². The van der Waals surface area contributed by atoms with Crippen LogP contribution in [0.15, 0.2) is 35.5 Å². The summed E-state index contributed by atoms with van der Waals surface area (Å²) in [4.78, 5) is 19.0. The Morgan fingerprint density at radius 2 is 2.00 bits per heavy atom. The molecule has 9 nitrogen and oxygen atoms in total. The van der Waals surface area contributed by atoms with E-state index in [2.05, 4.69) is 15.3 Å². The minimum Gasteiger partial charge on any atom is -0.465 e. The first-order valence-corrected chi connectivity index (χ1v) is 9.85. The van der Waals surface area contributed by atoms with Gasteiger partial charge in [-0.3, -0.25) is 0 Å². The van der Waals surface area contributed by atoms with Crippen LogP contribution >= 0.6 is 11.8 Å². The summed E-state index contributed by atoms with van der Waals surface area (Å²) in [6.07, 6.45) is 0.632. The van der Waals surface area contributed by atoms with Crippen molar-refractivity contribution < 1.29 is 23.1 Å². The van der Waals surface area contributed by atoms with E-state index < -0.39 is 16.1 Å². The third kappa shape index (κ3) is 6.57. The Bertz CT molecular complexity index is 856. The number of hydrogen-bond acceptors (Lipinski definition) is 7. The number of hydrogen-bond donors (Lipinski definition) is 3. The molecule has 1 amide bonds. The van der Waals surface area contributed by atoms with Crippen LogP contribution in [0.3, 0.4) is 0 Å². The van der Waals surface area contributed by atoms with E-state index in [4.69, 9.17) is 15.0 Å². The van der Waals surface area contributed by atoms with E-state index in [1.54, 1.807) is 30.5 Å². The summed E-state index contributed by atoms with van der Waals surface area (Å²) in [6, 6.07) is 7.88. The van der Waals surface area contributed by atoms with Crippen LogP contribution in [-0.2, 0) is 22.3 Å². The monoisotopic (exact) mass is 384 g/mol. The van der Waals surface area contributed by atoms with Crippen molar-refractivity contribution in [1.82, 2.24) is 15.3 Å². The van der Waals surface area contributed by atoms with Gasteiger partial charge in [0.2, 0.25) is 15.9 Å². The van der Waals surface area contributed by atoms with Gasteiger partial charge in [0.25, 0.3) is 0 Å². The molecule has 4 N–H and O–H groups in total. The van der Waals surface area contributed by atoms with Crippen molar-refractivity contribution in [3.8, 4) is 11.6 Å². The van der Waals surface area contributed by atoms with Crippen LogP contribution in [-0.4, -0.2) is 35.8 Å². The second-order valence-electron chi connectivity index (χ2n) is 4.90. The predicted octanol–water partition coefficient (Wildman–Crippen LogP) is 1.55. The number of nitrogens with two attached hydrogens (primary N) is 1. The van der Waals surface area contributed by atoms with Crippen molar-refractivity contribution >= 4 is 27.9 Å². The molecule has 1 heterocycles. The molecule has 11 heteroatoms. The average molecular weight is 384 g/mol. The van der Waals surface area contributed by atoms with Crippen LogP contribution < -0.4 is 15.2 Å². The highest BCUT2D eigenvalue weighted by molar-refractivity contribution is 7.98. The van der Waals surface area contributed by atoms with Crippen molar-refractivity contribution in [2.24, 2.45) is 5.14 Å². The van der Waals surface area contributed by atoms with Crippen LogP contribution in [0.1, 0.15) is 11.3 Å². The molecule has 0 saturated heterocycles. The van der Waals surface area contributed by atoms with E-state index in [1.807, 2.05) is 0 Å². The highest BCUT2D eigenvalue weighted by Crippen LogP contribution is 2.23. The van der Waals surface area contributed by atoms with Gasteiger partial charge in [-0.1, -0.05) is 23.9 Å². The van der Waals surface area contributed by atoms with Gasteiger partial charge in [0.15, 0.2) is 5.16 Å². The van der Waals surface area contributed by atoms with Gasteiger partial charge < -0.3 is 15.2 Å². The van der Waals surface area contributed by atoms with Gasteiger partial charge in [0, 0.05) is 6.07 Å². The zero-order valence-corrected chi connectivity index (χ0v) is 14.8. The lowest BCUT2D eigenvalue weighted by Crippen LogP contribution is -2.20. The molecule has 0 unspecified atom stereocenters. The Kier molecular flexibility index (Phi) is 6.17. The van der Waals surface area contributed by atoms with Gasteiger partial charge >= 0.3 is 6.09 Å². The Labute approximate surface area is 148 Å². The van der Waals surface area contributed by atoms with Gasteiger partial charge in [0.05, 0.1) is 18.0 Å². The van der Waals surface area contributed by atoms with Gasteiger partial charge in [-0.15, -0.1) is 0 Å². The molecule has 0 saturated carbocycles. The maximum atomic E-state index is 11.1. The molecule has 0 atom stereocenters. The van der Waals surface area contributed by atoms with E-state index in [0.29, 0.717) is 22.2 Å². The molecule has 1 aromatic carbocycles. The fourth-order valence-electron chi connectivity index (χ4n) is 1.86. The van der Waals surface area contributed by atoms with E-state index in [1.165, 1.54) is 17.8 Å². The highest BCUT2D eigenvalue weighted by atomic mass is 32.2. The number of carbonyl (C=O) groups is 1. The van der Waals surface area contributed by atoms with E-state index in [9.17, 15) is 13.2 Å². The predicted molar refractivity (Wildman–Crippen MR) is 92.0 cm³/mol. The number of benzene rings is 1. The minimum absolute atomic E-state index is 0.0229. The molecule has 25 heavy (non-hydrogen) atoms. The summed E-state index contributed by atoms with van der Waals surface area (Å²) >= 11 is 1.29. The molecular weight excluding hydrogens is 368 g/mol. The Morgan fingerprint density at radius 3 is 2.56 bits per heavy atom. The third-order valence-corrected chi connectivity index (χ3v) is 4.14. The normalized spacial score (nSPS) is 11.1. The summed E-state index contributed by atoms with van der Waals surface area (Å²) in [5, 5.41) is 16.3. The Morgan fingerprint density at radius 1 is 1.32 bits per heavy atom. The molecule has 0 aliphatic rings. The minimum atomic E-state index is -3.60. The lowest BCUT2D eigenvalue weighted by molar-refractivity contribution is 0.193. The second kappa shape index (κ2) is 8.14. The molecule has 0 aliphatic carbocycles. The van der Waals surface area contributed by atoms with Gasteiger partial charge in [-0.05, 0) is 24.0 Å². The summed E-state index contributed by atoms with van der Waals surface area (Å²) < 4.78 is 27.8. The number of thioether (sulfide) groups is 1. The number of rotatable bonds is 7. The van der Waals surface area contributed by atoms with E-state index in [-0.39, 0.29) is 18.2 Å². The molecule has 0 radical (unpaired) electrons. The average Bonchev–Trinajstić information content (AvgIpc) is 2.53. The quantitative estimate of drug-likeness (QED) is 0.481. The van der Waals surface area contributed by atoms with Crippen molar-refractivity contribution in [3.05, 3.63) is 41.6 Å². The van der Waals surface area contributed by atoms with Crippen molar-refractivity contribution in [1.29, 1.82) is 0 Å². The zero-order chi connectivity index (χ0) is 18.4. The van der Waals surface area contributed by atoms with Gasteiger partial charge in [-0.25, -0.2) is 23.3 Å². The first-order valence-electron chi connectivity index (χ1n) is 6.91. The van der Waals surface area contributed by atoms with Gasteiger partial charge in [0.1, 0.15) is 5.75 Å². The third-order valence-electron chi connectivity index (χ3n) is 2.85. The first kappa shape index (κ1) is 19.0. The molecular formula is C14H16N4O5S2. The molecule has 0 fully saturated rings.